The Morgan fingerprint density at radius 1 is 1.52 bits per heavy atom. The number of aryl methyl sites for hydroxylation is 1. The van der Waals surface area contributed by atoms with Gasteiger partial charge in [0.05, 0.1) is 4.87 Å². The van der Waals surface area contributed by atoms with Crippen LogP contribution in [0.2, 0.25) is 0 Å². The summed E-state index contributed by atoms with van der Waals surface area (Å²) in [6.07, 6.45) is 1.38. The molecule has 0 saturated carbocycles. The highest BCUT2D eigenvalue weighted by atomic mass is 79.9. The zero-order valence-corrected chi connectivity index (χ0v) is 14.4. The summed E-state index contributed by atoms with van der Waals surface area (Å²) in [4.78, 5) is 26.1. The summed E-state index contributed by atoms with van der Waals surface area (Å²) in [5, 5.41) is 2.94. The SMILES string of the molecule is Cc1cc(NC(=O)C2CSC3(C)CCC(=O)N23)ccc1Br. The average Bonchev–Trinajstić information content (AvgIpc) is 2.91. The van der Waals surface area contributed by atoms with Gasteiger partial charge >= 0.3 is 0 Å². The van der Waals surface area contributed by atoms with Crippen molar-refractivity contribution in [2.75, 3.05) is 11.1 Å². The standard InChI is InChI=1S/C15H17BrN2O2S/c1-9-7-10(3-4-11(9)16)17-14(20)12-8-21-15(2)6-5-13(19)18(12)15/h3-4,7,12H,5-6,8H2,1-2H3,(H,17,20). The van der Waals surface area contributed by atoms with E-state index in [2.05, 4.69) is 28.2 Å². The number of benzene rings is 1. The number of hydrogen-bond donors (Lipinski definition) is 1. The van der Waals surface area contributed by atoms with Gasteiger partial charge in [-0.05, 0) is 44.0 Å². The van der Waals surface area contributed by atoms with Crippen LogP contribution >= 0.6 is 27.7 Å². The summed E-state index contributed by atoms with van der Waals surface area (Å²) >= 11 is 5.15. The predicted molar refractivity (Wildman–Crippen MR) is 88.2 cm³/mol. The molecule has 4 nitrogen and oxygen atoms in total. The molecule has 2 saturated heterocycles. The maximum atomic E-state index is 12.5. The molecule has 0 aliphatic carbocycles. The van der Waals surface area contributed by atoms with Gasteiger partial charge in [-0.1, -0.05) is 15.9 Å². The molecule has 1 N–H and O–H groups in total. The molecule has 2 aliphatic rings. The van der Waals surface area contributed by atoms with Crippen LogP contribution in [0.5, 0.6) is 0 Å². The maximum Gasteiger partial charge on any atom is 0.248 e. The molecule has 1 aromatic rings. The number of halogens is 1. The topological polar surface area (TPSA) is 49.4 Å². The molecule has 0 aromatic heterocycles. The molecule has 2 fully saturated rings. The Morgan fingerprint density at radius 2 is 2.29 bits per heavy atom. The number of thioether (sulfide) groups is 1. The van der Waals surface area contributed by atoms with E-state index in [0.717, 1.165) is 22.1 Å². The quantitative estimate of drug-likeness (QED) is 0.871. The van der Waals surface area contributed by atoms with Gasteiger partial charge < -0.3 is 10.2 Å². The molecule has 6 heteroatoms. The van der Waals surface area contributed by atoms with Crippen LogP contribution in [0.15, 0.2) is 22.7 Å². The largest absolute Gasteiger partial charge is 0.324 e. The molecule has 2 aliphatic heterocycles. The third kappa shape index (κ3) is 2.59. The Bertz CT molecular complexity index is 622. The van der Waals surface area contributed by atoms with Crippen LogP contribution in [0.3, 0.4) is 0 Å². The van der Waals surface area contributed by atoms with Gasteiger partial charge in [0, 0.05) is 22.3 Å². The van der Waals surface area contributed by atoms with Gasteiger partial charge in [0.25, 0.3) is 0 Å². The summed E-state index contributed by atoms with van der Waals surface area (Å²) in [5.74, 6) is 0.668. The van der Waals surface area contributed by atoms with Crippen LogP contribution < -0.4 is 5.32 Å². The lowest BCUT2D eigenvalue weighted by atomic mass is 10.2. The van der Waals surface area contributed by atoms with Gasteiger partial charge in [-0.3, -0.25) is 9.59 Å². The zero-order valence-electron chi connectivity index (χ0n) is 12.0. The van der Waals surface area contributed by atoms with Gasteiger partial charge in [-0.25, -0.2) is 0 Å². The van der Waals surface area contributed by atoms with E-state index in [1.54, 1.807) is 16.7 Å². The van der Waals surface area contributed by atoms with E-state index in [1.165, 1.54) is 0 Å². The van der Waals surface area contributed by atoms with Crippen molar-refractivity contribution in [2.45, 2.75) is 37.6 Å². The third-order valence-electron chi connectivity index (χ3n) is 4.17. The summed E-state index contributed by atoms with van der Waals surface area (Å²) < 4.78 is 1.01. The minimum atomic E-state index is -0.362. The number of carbonyl (C=O) groups excluding carboxylic acids is 2. The van der Waals surface area contributed by atoms with E-state index in [9.17, 15) is 9.59 Å². The Hall–Kier alpha value is -1.01. The van der Waals surface area contributed by atoms with E-state index in [4.69, 9.17) is 0 Å². The van der Waals surface area contributed by atoms with E-state index in [0.29, 0.717) is 12.2 Å². The molecule has 2 heterocycles. The van der Waals surface area contributed by atoms with Crippen LogP contribution in [-0.4, -0.2) is 33.4 Å². The van der Waals surface area contributed by atoms with E-state index >= 15 is 0 Å². The van der Waals surface area contributed by atoms with Crippen molar-refractivity contribution < 1.29 is 9.59 Å². The molecule has 2 unspecified atom stereocenters. The Morgan fingerprint density at radius 3 is 3.00 bits per heavy atom. The van der Waals surface area contributed by atoms with Gasteiger partial charge in [0.15, 0.2) is 0 Å². The first kappa shape index (κ1) is 14.9. The molecule has 1 aromatic carbocycles. The predicted octanol–water partition coefficient (Wildman–Crippen LogP) is 3.15. The number of anilines is 1. The lowest BCUT2D eigenvalue weighted by molar-refractivity contribution is -0.135. The summed E-state index contributed by atoms with van der Waals surface area (Å²) in [7, 11) is 0. The van der Waals surface area contributed by atoms with Crippen LogP contribution in [0.25, 0.3) is 0 Å². The number of fused-ring (bicyclic) bond motifs is 1. The first-order chi connectivity index (χ1) is 9.90. The molecule has 0 spiro atoms. The van der Waals surface area contributed by atoms with Gasteiger partial charge in [0.2, 0.25) is 11.8 Å². The number of nitrogens with one attached hydrogen (secondary N) is 1. The minimum Gasteiger partial charge on any atom is -0.324 e. The highest BCUT2D eigenvalue weighted by Gasteiger charge is 2.52. The fourth-order valence-electron chi connectivity index (χ4n) is 2.96. The first-order valence-corrected chi connectivity index (χ1v) is 8.72. The molecular formula is C15H17BrN2O2S. The van der Waals surface area contributed by atoms with Gasteiger partial charge in [0.1, 0.15) is 6.04 Å². The monoisotopic (exact) mass is 368 g/mol. The van der Waals surface area contributed by atoms with Crippen molar-refractivity contribution in [3.8, 4) is 0 Å². The Kier molecular flexibility index (Phi) is 3.78. The highest BCUT2D eigenvalue weighted by molar-refractivity contribution is 9.10. The molecule has 3 rings (SSSR count). The van der Waals surface area contributed by atoms with Crippen LogP contribution in [0.1, 0.15) is 25.3 Å². The zero-order chi connectivity index (χ0) is 15.2. The third-order valence-corrected chi connectivity index (χ3v) is 6.57. The van der Waals surface area contributed by atoms with E-state index in [1.807, 2.05) is 25.1 Å². The number of rotatable bonds is 2. The Labute approximate surface area is 136 Å². The first-order valence-electron chi connectivity index (χ1n) is 6.94. The van der Waals surface area contributed by atoms with Crippen LogP contribution in [0, 0.1) is 6.92 Å². The van der Waals surface area contributed by atoms with Crippen molar-refractivity contribution in [3.05, 3.63) is 28.2 Å². The summed E-state index contributed by atoms with van der Waals surface area (Å²) in [6.45, 7) is 4.03. The summed E-state index contributed by atoms with van der Waals surface area (Å²) in [6, 6.07) is 5.34. The number of carbonyl (C=O) groups is 2. The van der Waals surface area contributed by atoms with Crippen LogP contribution in [0.4, 0.5) is 5.69 Å². The van der Waals surface area contributed by atoms with Crippen LogP contribution in [-0.2, 0) is 9.59 Å². The van der Waals surface area contributed by atoms with Crippen molar-refractivity contribution in [1.29, 1.82) is 0 Å². The molecule has 2 amide bonds. The highest BCUT2D eigenvalue weighted by Crippen LogP contribution is 2.47. The van der Waals surface area contributed by atoms with Gasteiger partial charge in [-0.2, -0.15) is 0 Å². The van der Waals surface area contributed by atoms with Crippen molar-refractivity contribution in [2.24, 2.45) is 0 Å². The van der Waals surface area contributed by atoms with Crippen molar-refractivity contribution >= 4 is 45.2 Å². The average molecular weight is 369 g/mol. The normalized spacial score (nSPS) is 27.9. The Balaban J connectivity index is 1.77. The number of nitrogens with zero attached hydrogens (tertiary/aromatic N) is 1. The fraction of sp³-hybridized carbons (Fsp3) is 0.467. The molecule has 0 bridgehead atoms. The minimum absolute atomic E-state index is 0.0923. The van der Waals surface area contributed by atoms with Crippen molar-refractivity contribution in [1.82, 2.24) is 4.90 Å². The molecule has 21 heavy (non-hydrogen) atoms. The second-order valence-corrected chi connectivity index (χ2v) is 8.07. The number of amides is 2. The van der Waals surface area contributed by atoms with E-state index in [-0.39, 0.29) is 22.7 Å². The van der Waals surface area contributed by atoms with Crippen molar-refractivity contribution in [3.63, 3.8) is 0 Å². The molecular weight excluding hydrogens is 352 g/mol. The second kappa shape index (κ2) is 5.32. The summed E-state index contributed by atoms with van der Waals surface area (Å²) in [5.41, 5.74) is 1.83. The lowest BCUT2D eigenvalue weighted by Crippen LogP contribution is -2.48. The van der Waals surface area contributed by atoms with Gasteiger partial charge in [-0.15, -0.1) is 11.8 Å². The molecule has 0 radical (unpaired) electrons. The molecule has 112 valence electrons. The molecule has 2 atom stereocenters. The lowest BCUT2D eigenvalue weighted by Gasteiger charge is -2.29. The smallest absolute Gasteiger partial charge is 0.248 e. The second-order valence-electron chi connectivity index (χ2n) is 5.72. The van der Waals surface area contributed by atoms with E-state index < -0.39 is 0 Å². The maximum absolute atomic E-state index is 12.5. The number of hydrogen-bond acceptors (Lipinski definition) is 3. The fourth-order valence-corrected chi connectivity index (χ4v) is 4.64.